The molecule has 0 bridgehead atoms. The fourth-order valence-electron chi connectivity index (χ4n) is 2.26. The van der Waals surface area contributed by atoms with Crippen LogP contribution in [0.3, 0.4) is 0 Å². The molecule has 0 saturated heterocycles. The van der Waals surface area contributed by atoms with Gasteiger partial charge in [0.1, 0.15) is 0 Å². The number of carbonyl (C=O) groups excluding carboxylic acids is 1. The molecule has 0 aliphatic carbocycles. The summed E-state index contributed by atoms with van der Waals surface area (Å²) in [5.41, 5.74) is 1.65. The highest BCUT2D eigenvalue weighted by Gasteiger charge is 2.12. The molecular formula is C18H20BrFN2O2. The Bertz CT molecular complexity index is 709. The van der Waals surface area contributed by atoms with Crippen molar-refractivity contribution in [2.75, 3.05) is 6.61 Å². The molecule has 0 aromatic heterocycles. The minimum atomic E-state index is -0.432. The molecule has 128 valence electrons. The third-order valence-electron chi connectivity index (χ3n) is 3.47. The molecule has 1 unspecified atom stereocenters. The van der Waals surface area contributed by atoms with Crippen molar-refractivity contribution < 1.29 is 13.9 Å². The summed E-state index contributed by atoms with van der Waals surface area (Å²) in [6.07, 6.45) is 0. The average molecular weight is 395 g/mol. The average Bonchev–Trinajstić information content (AvgIpc) is 2.55. The van der Waals surface area contributed by atoms with E-state index in [9.17, 15) is 9.18 Å². The van der Waals surface area contributed by atoms with E-state index in [1.807, 2.05) is 31.2 Å². The molecule has 0 aliphatic heterocycles. The zero-order valence-electron chi connectivity index (χ0n) is 13.6. The molecule has 2 rings (SSSR count). The van der Waals surface area contributed by atoms with Gasteiger partial charge < -0.3 is 15.4 Å². The van der Waals surface area contributed by atoms with Crippen LogP contribution in [0.15, 0.2) is 46.9 Å². The fourth-order valence-corrected chi connectivity index (χ4v) is 2.89. The quantitative estimate of drug-likeness (QED) is 0.754. The lowest BCUT2D eigenvalue weighted by Crippen LogP contribution is -2.36. The molecule has 2 amide bonds. The smallest absolute Gasteiger partial charge is 0.315 e. The number of urea groups is 1. The van der Waals surface area contributed by atoms with E-state index < -0.39 is 5.82 Å². The first-order valence-electron chi connectivity index (χ1n) is 7.71. The molecule has 2 aromatic rings. The summed E-state index contributed by atoms with van der Waals surface area (Å²) in [7, 11) is 0. The monoisotopic (exact) mass is 394 g/mol. The summed E-state index contributed by atoms with van der Waals surface area (Å²) in [5, 5.41) is 5.58. The van der Waals surface area contributed by atoms with Crippen molar-refractivity contribution in [3.63, 3.8) is 0 Å². The Kier molecular flexibility index (Phi) is 6.61. The van der Waals surface area contributed by atoms with Crippen molar-refractivity contribution in [1.82, 2.24) is 10.6 Å². The molecule has 0 heterocycles. The summed E-state index contributed by atoms with van der Waals surface area (Å²) in [4.78, 5) is 12.0. The molecule has 6 heteroatoms. The Morgan fingerprint density at radius 1 is 1.29 bits per heavy atom. The van der Waals surface area contributed by atoms with Gasteiger partial charge in [-0.15, -0.1) is 0 Å². The Hall–Kier alpha value is -2.08. The number of hydrogen-bond donors (Lipinski definition) is 2. The second-order valence-corrected chi connectivity index (χ2v) is 6.12. The van der Waals surface area contributed by atoms with E-state index in [1.165, 1.54) is 6.07 Å². The minimum absolute atomic E-state index is 0.155. The first-order valence-corrected chi connectivity index (χ1v) is 8.50. The third-order valence-corrected chi connectivity index (χ3v) is 4.19. The van der Waals surface area contributed by atoms with Crippen molar-refractivity contribution in [2.45, 2.75) is 26.4 Å². The molecule has 0 spiro atoms. The van der Waals surface area contributed by atoms with Crippen LogP contribution >= 0.6 is 15.9 Å². The van der Waals surface area contributed by atoms with E-state index in [4.69, 9.17) is 4.74 Å². The van der Waals surface area contributed by atoms with Gasteiger partial charge in [0.25, 0.3) is 0 Å². The number of nitrogens with one attached hydrogen (secondary N) is 2. The summed E-state index contributed by atoms with van der Waals surface area (Å²) >= 11 is 3.46. The van der Waals surface area contributed by atoms with Crippen LogP contribution in [-0.4, -0.2) is 12.6 Å². The lowest BCUT2D eigenvalue weighted by molar-refractivity contribution is 0.237. The van der Waals surface area contributed by atoms with Gasteiger partial charge in [-0.05, 0) is 43.2 Å². The number of amides is 2. The highest BCUT2D eigenvalue weighted by Crippen LogP contribution is 2.22. The number of carbonyl (C=O) groups is 1. The molecule has 0 radical (unpaired) electrons. The zero-order valence-corrected chi connectivity index (χ0v) is 15.2. The molecule has 24 heavy (non-hydrogen) atoms. The summed E-state index contributed by atoms with van der Waals surface area (Å²) in [6, 6.07) is 11.9. The van der Waals surface area contributed by atoms with Crippen molar-refractivity contribution in [3.8, 4) is 5.75 Å². The molecule has 4 nitrogen and oxygen atoms in total. The van der Waals surface area contributed by atoms with Crippen molar-refractivity contribution in [1.29, 1.82) is 0 Å². The fraction of sp³-hybridized carbons (Fsp3) is 0.278. The van der Waals surface area contributed by atoms with Gasteiger partial charge in [0, 0.05) is 11.0 Å². The third kappa shape index (κ3) is 4.96. The lowest BCUT2D eigenvalue weighted by atomic mass is 10.1. The predicted octanol–water partition coefficient (Wildman–Crippen LogP) is 4.55. The van der Waals surface area contributed by atoms with Crippen LogP contribution in [-0.2, 0) is 6.54 Å². The van der Waals surface area contributed by atoms with E-state index in [1.54, 1.807) is 19.1 Å². The molecule has 2 aromatic carbocycles. The first-order chi connectivity index (χ1) is 11.5. The van der Waals surface area contributed by atoms with E-state index in [-0.39, 0.29) is 24.4 Å². The van der Waals surface area contributed by atoms with Crippen molar-refractivity contribution in [2.24, 2.45) is 0 Å². The van der Waals surface area contributed by atoms with Gasteiger partial charge in [0.05, 0.1) is 12.6 Å². The maximum atomic E-state index is 13.8. The minimum Gasteiger partial charge on any atom is -0.491 e. The summed E-state index contributed by atoms with van der Waals surface area (Å²) < 4.78 is 19.9. The van der Waals surface area contributed by atoms with Crippen LogP contribution in [0, 0.1) is 5.82 Å². The molecular weight excluding hydrogens is 375 g/mol. The maximum Gasteiger partial charge on any atom is 0.315 e. The standard InChI is InChI=1S/C18H20BrFN2O2/c1-3-24-17-9-8-13(10-16(17)20)11-21-18(23)22-12(2)14-6-4-5-7-15(14)19/h4-10,12H,3,11H2,1-2H3,(H2,21,22,23). The van der Waals surface area contributed by atoms with Gasteiger partial charge in [-0.2, -0.15) is 0 Å². The van der Waals surface area contributed by atoms with Crippen LogP contribution in [0.1, 0.15) is 31.0 Å². The van der Waals surface area contributed by atoms with Crippen LogP contribution in [0.2, 0.25) is 0 Å². The Morgan fingerprint density at radius 3 is 2.71 bits per heavy atom. The number of ether oxygens (including phenoxy) is 1. The first kappa shape index (κ1) is 18.3. The van der Waals surface area contributed by atoms with Crippen molar-refractivity contribution >= 4 is 22.0 Å². The largest absolute Gasteiger partial charge is 0.491 e. The summed E-state index contributed by atoms with van der Waals surface area (Å²) in [6.45, 7) is 4.34. The number of hydrogen-bond acceptors (Lipinski definition) is 2. The van der Waals surface area contributed by atoms with Gasteiger partial charge >= 0.3 is 6.03 Å². The summed E-state index contributed by atoms with van der Waals surface area (Å²) in [5.74, 6) is -0.216. The molecule has 0 fully saturated rings. The van der Waals surface area contributed by atoms with E-state index >= 15 is 0 Å². The van der Waals surface area contributed by atoms with Crippen LogP contribution in [0.25, 0.3) is 0 Å². The highest BCUT2D eigenvalue weighted by atomic mass is 79.9. The van der Waals surface area contributed by atoms with Crippen LogP contribution < -0.4 is 15.4 Å². The maximum absolute atomic E-state index is 13.8. The van der Waals surface area contributed by atoms with Gasteiger partial charge in [-0.25, -0.2) is 9.18 Å². The van der Waals surface area contributed by atoms with E-state index in [2.05, 4.69) is 26.6 Å². The molecule has 0 saturated carbocycles. The zero-order chi connectivity index (χ0) is 17.5. The molecule has 1 atom stereocenters. The molecule has 0 aliphatic rings. The Labute approximate surface area is 149 Å². The topological polar surface area (TPSA) is 50.4 Å². The van der Waals surface area contributed by atoms with Gasteiger partial charge in [0.2, 0.25) is 0 Å². The SMILES string of the molecule is CCOc1ccc(CNC(=O)NC(C)c2ccccc2Br)cc1F. The Balaban J connectivity index is 1.89. The van der Waals surface area contributed by atoms with Crippen molar-refractivity contribution in [3.05, 3.63) is 63.9 Å². The van der Waals surface area contributed by atoms with Gasteiger partial charge in [0.15, 0.2) is 11.6 Å². The predicted molar refractivity (Wildman–Crippen MR) is 95.5 cm³/mol. The lowest BCUT2D eigenvalue weighted by Gasteiger charge is -2.16. The van der Waals surface area contributed by atoms with Crippen LogP contribution in [0.4, 0.5) is 9.18 Å². The Morgan fingerprint density at radius 2 is 2.04 bits per heavy atom. The highest BCUT2D eigenvalue weighted by molar-refractivity contribution is 9.10. The molecule has 2 N–H and O–H groups in total. The second-order valence-electron chi connectivity index (χ2n) is 5.27. The van der Waals surface area contributed by atoms with Crippen LogP contribution in [0.5, 0.6) is 5.75 Å². The number of benzene rings is 2. The van der Waals surface area contributed by atoms with Gasteiger partial charge in [-0.1, -0.05) is 40.2 Å². The van der Waals surface area contributed by atoms with E-state index in [0.29, 0.717) is 12.2 Å². The normalized spacial score (nSPS) is 11.7. The second kappa shape index (κ2) is 8.68. The van der Waals surface area contributed by atoms with E-state index in [0.717, 1.165) is 10.0 Å². The number of rotatable bonds is 6. The van der Waals surface area contributed by atoms with Gasteiger partial charge in [-0.3, -0.25) is 0 Å². The number of halogens is 2.